The van der Waals surface area contributed by atoms with Crippen molar-refractivity contribution >= 4 is 28.4 Å². The minimum Gasteiger partial charge on any atom is -0.423 e. The van der Waals surface area contributed by atoms with Crippen LogP contribution in [0, 0.1) is 6.92 Å². The van der Waals surface area contributed by atoms with Gasteiger partial charge in [-0.25, -0.2) is 19.7 Å². The third-order valence-corrected chi connectivity index (χ3v) is 4.18. The van der Waals surface area contributed by atoms with E-state index in [9.17, 15) is 4.79 Å². The molecule has 0 fully saturated rings. The SMILES string of the molecule is CNc1ccc(-c2ccnc(Nc3ccc4c(C)cc(=O)oc4c3)n2)cn1. The molecule has 27 heavy (non-hydrogen) atoms. The minimum atomic E-state index is -0.368. The van der Waals surface area contributed by atoms with E-state index in [1.807, 2.05) is 44.3 Å². The number of anilines is 3. The molecule has 0 aliphatic rings. The quantitative estimate of drug-likeness (QED) is 0.536. The van der Waals surface area contributed by atoms with Gasteiger partial charge in [0.15, 0.2) is 0 Å². The lowest BCUT2D eigenvalue weighted by Gasteiger charge is -2.08. The van der Waals surface area contributed by atoms with E-state index in [0.717, 1.165) is 33.7 Å². The van der Waals surface area contributed by atoms with Crippen molar-refractivity contribution in [2.45, 2.75) is 6.92 Å². The number of nitrogens with zero attached hydrogens (tertiary/aromatic N) is 3. The van der Waals surface area contributed by atoms with Gasteiger partial charge in [-0.3, -0.25) is 0 Å². The molecule has 0 bridgehead atoms. The van der Waals surface area contributed by atoms with Crippen LogP contribution in [0.5, 0.6) is 0 Å². The van der Waals surface area contributed by atoms with E-state index in [1.165, 1.54) is 6.07 Å². The van der Waals surface area contributed by atoms with Gasteiger partial charge in [0.25, 0.3) is 0 Å². The highest BCUT2D eigenvalue weighted by Crippen LogP contribution is 2.23. The van der Waals surface area contributed by atoms with Gasteiger partial charge in [-0.05, 0) is 42.8 Å². The maximum atomic E-state index is 11.6. The highest BCUT2D eigenvalue weighted by molar-refractivity contribution is 5.83. The summed E-state index contributed by atoms with van der Waals surface area (Å²) in [6.07, 6.45) is 3.44. The second-order valence-corrected chi connectivity index (χ2v) is 6.03. The van der Waals surface area contributed by atoms with Crippen molar-refractivity contribution in [3.05, 3.63) is 70.8 Å². The highest BCUT2D eigenvalue weighted by Gasteiger charge is 2.06. The summed E-state index contributed by atoms with van der Waals surface area (Å²) in [5.74, 6) is 1.23. The molecule has 7 nitrogen and oxygen atoms in total. The standard InChI is InChI=1S/C20H17N5O2/c1-12-9-19(26)27-17-10-14(4-5-15(12)17)24-20-22-8-7-16(25-20)13-3-6-18(21-2)23-11-13/h3-11H,1-2H3,(H,21,23)(H,22,24,25). The third-order valence-electron chi connectivity index (χ3n) is 4.18. The van der Waals surface area contributed by atoms with Gasteiger partial charge in [-0.15, -0.1) is 0 Å². The summed E-state index contributed by atoms with van der Waals surface area (Å²) in [5.41, 5.74) is 3.41. The van der Waals surface area contributed by atoms with Gasteiger partial charge in [-0.2, -0.15) is 0 Å². The molecule has 4 aromatic rings. The van der Waals surface area contributed by atoms with E-state index < -0.39 is 0 Å². The van der Waals surface area contributed by atoms with Crippen LogP contribution in [0.1, 0.15) is 5.56 Å². The summed E-state index contributed by atoms with van der Waals surface area (Å²) in [6.45, 7) is 1.88. The van der Waals surface area contributed by atoms with Crippen LogP contribution in [0.15, 0.2) is 64.1 Å². The zero-order valence-electron chi connectivity index (χ0n) is 14.9. The maximum absolute atomic E-state index is 11.6. The molecule has 7 heteroatoms. The zero-order chi connectivity index (χ0) is 18.8. The van der Waals surface area contributed by atoms with E-state index in [0.29, 0.717) is 11.5 Å². The minimum absolute atomic E-state index is 0.368. The lowest BCUT2D eigenvalue weighted by Crippen LogP contribution is -2.00. The van der Waals surface area contributed by atoms with Crippen LogP contribution < -0.4 is 16.3 Å². The fraction of sp³-hybridized carbons (Fsp3) is 0.100. The van der Waals surface area contributed by atoms with Crippen molar-refractivity contribution in [3.8, 4) is 11.3 Å². The van der Waals surface area contributed by atoms with E-state index in [-0.39, 0.29) is 5.63 Å². The molecule has 3 aromatic heterocycles. The first-order chi connectivity index (χ1) is 13.1. The Morgan fingerprint density at radius 1 is 1.04 bits per heavy atom. The molecule has 0 radical (unpaired) electrons. The van der Waals surface area contributed by atoms with Gasteiger partial charge in [0, 0.05) is 48.2 Å². The zero-order valence-corrected chi connectivity index (χ0v) is 14.9. The van der Waals surface area contributed by atoms with Crippen molar-refractivity contribution in [3.63, 3.8) is 0 Å². The molecule has 0 amide bonds. The van der Waals surface area contributed by atoms with Crippen molar-refractivity contribution in [1.82, 2.24) is 15.0 Å². The Labute approximate surface area is 155 Å². The van der Waals surface area contributed by atoms with Crippen LogP contribution >= 0.6 is 0 Å². The van der Waals surface area contributed by atoms with Gasteiger partial charge >= 0.3 is 5.63 Å². The summed E-state index contributed by atoms with van der Waals surface area (Å²) >= 11 is 0. The number of aromatic nitrogens is 3. The molecule has 0 aliphatic heterocycles. The normalized spacial score (nSPS) is 10.7. The number of rotatable bonds is 4. The molecule has 3 heterocycles. The number of nitrogens with one attached hydrogen (secondary N) is 2. The molecule has 1 aromatic carbocycles. The number of aryl methyl sites for hydroxylation is 1. The molecule has 0 spiro atoms. The summed E-state index contributed by atoms with van der Waals surface area (Å²) in [7, 11) is 1.82. The lowest BCUT2D eigenvalue weighted by atomic mass is 10.1. The van der Waals surface area contributed by atoms with E-state index >= 15 is 0 Å². The van der Waals surface area contributed by atoms with Crippen LogP contribution in [0.2, 0.25) is 0 Å². The van der Waals surface area contributed by atoms with E-state index in [1.54, 1.807) is 18.5 Å². The molecular weight excluding hydrogens is 342 g/mol. The molecule has 0 atom stereocenters. The maximum Gasteiger partial charge on any atom is 0.336 e. The Bertz CT molecular complexity index is 1170. The van der Waals surface area contributed by atoms with E-state index in [2.05, 4.69) is 25.6 Å². The Morgan fingerprint density at radius 2 is 1.93 bits per heavy atom. The average molecular weight is 359 g/mol. The van der Waals surface area contributed by atoms with Crippen LogP contribution in [0.3, 0.4) is 0 Å². The Balaban J connectivity index is 1.64. The number of pyridine rings is 1. The van der Waals surface area contributed by atoms with Gasteiger partial charge in [-0.1, -0.05) is 0 Å². The predicted molar refractivity (Wildman–Crippen MR) is 105 cm³/mol. The molecule has 0 aliphatic carbocycles. The van der Waals surface area contributed by atoms with Crippen LogP contribution in [-0.2, 0) is 0 Å². The number of hydrogen-bond acceptors (Lipinski definition) is 7. The first kappa shape index (κ1) is 16.7. The molecule has 0 saturated carbocycles. The Morgan fingerprint density at radius 3 is 2.70 bits per heavy atom. The highest BCUT2D eigenvalue weighted by atomic mass is 16.4. The molecule has 2 N–H and O–H groups in total. The van der Waals surface area contributed by atoms with Gasteiger partial charge in [0.05, 0.1) is 5.69 Å². The summed E-state index contributed by atoms with van der Waals surface area (Å²) in [5, 5.41) is 7.03. The number of hydrogen-bond donors (Lipinski definition) is 2. The molecule has 0 saturated heterocycles. The lowest BCUT2D eigenvalue weighted by molar-refractivity contribution is 0.560. The second kappa shape index (κ2) is 6.87. The fourth-order valence-electron chi connectivity index (χ4n) is 2.80. The van der Waals surface area contributed by atoms with Crippen molar-refractivity contribution in [1.29, 1.82) is 0 Å². The third kappa shape index (κ3) is 3.48. The van der Waals surface area contributed by atoms with Crippen LogP contribution in [0.4, 0.5) is 17.5 Å². The summed E-state index contributed by atoms with van der Waals surface area (Å²) < 4.78 is 5.29. The Kier molecular flexibility index (Phi) is 4.25. The predicted octanol–water partition coefficient (Wildman–Crippen LogP) is 3.74. The number of benzene rings is 1. The second-order valence-electron chi connectivity index (χ2n) is 6.03. The van der Waals surface area contributed by atoms with Gasteiger partial charge < -0.3 is 15.1 Å². The smallest absolute Gasteiger partial charge is 0.336 e. The monoisotopic (exact) mass is 359 g/mol. The van der Waals surface area contributed by atoms with Gasteiger partial charge in [0.2, 0.25) is 5.95 Å². The first-order valence-electron chi connectivity index (χ1n) is 8.41. The molecule has 134 valence electrons. The van der Waals surface area contributed by atoms with Crippen LogP contribution in [-0.4, -0.2) is 22.0 Å². The first-order valence-corrected chi connectivity index (χ1v) is 8.41. The Hall–Kier alpha value is -3.74. The van der Waals surface area contributed by atoms with Crippen molar-refractivity contribution in [2.24, 2.45) is 0 Å². The number of fused-ring (bicyclic) bond motifs is 1. The largest absolute Gasteiger partial charge is 0.423 e. The van der Waals surface area contributed by atoms with Gasteiger partial charge in [0.1, 0.15) is 11.4 Å². The fourth-order valence-corrected chi connectivity index (χ4v) is 2.80. The summed E-state index contributed by atoms with van der Waals surface area (Å²) in [4.78, 5) is 24.7. The van der Waals surface area contributed by atoms with Crippen molar-refractivity contribution < 1.29 is 4.42 Å². The van der Waals surface area contributed by atoms with E-state index in [4.69, 9.17) is 4.42 Å². The molecule has 4 rings (SSSR count). The summed E-state index contributed by atoms with van der Waals surface area (Å²) in [6, 6.07) is 12.7. The topological polar surface area (TPSA) is 92.9 Å². The van der Waals surface area contributed by atoms with Crippen LogP contribution in [0.25, 0.3) is 22.2 Å². The molecular formula is C20H17N5O2. The average Bonchev–Trinajstić information content (AvgIpc) is 2.68. The molecule has 0 unspecified atom stereocenters. The van der Waals surface area contributed by atoms with Crippen molar-refractivity contribution in [2.75, 3.05) is 17.7 Å².